The van der Waals surface area contributed by atoms with Crippen molar-refractivity contribution in [3.05, 3.63) is 60.2 Å². The van der Waals surface area contributed by atoms with Crippen molar-refractivity contribution in [2.45, 2.75) is 42.7 Å². The van der Waals surface area contributed by atoms with Crippen LogP contribution < -0.4 is 10.1 Å². The van der Waals surface area contributed by atoms with Crippen molar-refractivity contribution >= 4 is 15.9 Å². The second-order valence-corrected chi connectivity index (χ2v) is 9.07. The first kappa shape index (κ1) is 19.0. The van der Waals surface area contributed by atoms with E-state index >= 15 is 0 Å². The van der Waals surface area contributed by atoms with Gasteiger partial charge in [-0.15, -0.1) is 0 Å². The van der Waals surface area contributed by atoms with Crippen LogP contribution in [0.1, 0.15) is 37.3 Å². The number of carbonyl (C=O) groups is 1. The molecule has 2 aliphatic heterocycles. The quantitative estimate of drug-likeness (QED) is 0.856. The summed E-state index contributed by atoms with van der Waals surface area (Å²) in [5.41, 5.74) is 0.940. The Morgan fingerprint density at radius 1 is 1.00 bits per heavy atom. The van der Waals surface area contributed by atoms with Gasteiger partial charge in [-0.25, -0.2) is 8.42 Å². The molecule has 0 saturated carbocycles. The lowest BCUT2D eigenvalue weighted by Crippen LogP contribution is -2.52. The molecule has 1 fully saturated rings. The maximum Gasteiger partial charge on any atom is 0.243 e. The summed E-state index contributed by atoms with van der Waals surface area (Å²) in [5, 5.41) is 3.07. The van der Waals surface area contributed by atoms with Crippen LogP contribution in [0.2, 0.25) is 0 Å². The Bertz CT molecular complexity index is 946. The predicted molar refractivity (Wildman–Crippen MR) is 105 cm³/mol. The number of nitrogens with one attached hydrogen (secondary N) is 1. The molecule has 4 rings (SSSR count). The molecule has 2 aromatic carbocycles. The van der Waals surface area contributed by atoms with Crippen LogP contribution in [-0.4, -0.2) is 37.8 Å². The molecule has 2 heterocycles. The number of benzene rings is 2. The van der Waals surface area contributed by atoms with Crippen molar-refractivity contribution in [3.8, 4) is 5.75 Å². The minimum atomic E-state index is -3.71. The number of sulfonamides is 1. The summed E-state index contributed by atoms with van der Waals surface area (Å²) in [4.78, 5) is 13.3. The van der Waals surface area contributed by atoms with Gasteiger partial charge in [-0.1, -0.05) is 42.8 Å². The van der Waals surface area contributed by atoms with Gasteiger partial charge in [0.1, 0.15) is 11.8 Å². The zero-order chi connectivity index (χ0) is 19.6. The van der Waals surface area contributed by atoms with Gasteiger partial charge in [-0.3, -0.25) is 4.79 Å². The smallest absolute Gasteiger partial charge is 0.243 e. The van der Waals surface area contributed by atoms with E-state index in [1.807, 2.05) is 24.3 Å². The molecule has 0 bridgehead atoms. The first-order valence-corrected chi connectivity index (χ1v) is 11.1. The molecule has 1 saturated heterocycles. The van der Waals surface area contributed by atoms with E-state index in [1.165, 1.54) is 4.31 Å². The van der Waals surface area contributed by atoms with Gasteiger partial charge in [0.15, 0.2) is 0 Å². The van der Waals surface area contributed by atoms with Crippen LogP contribution in [0.25, 0.3) is 0 Å². The third kappa shape index (κ3) is 3.64. The SMILES string of the molecule is O=C(N[C@@H]1CCOc2ccccc21)[C@@H]1CCCCN1S(=O)(=O)c1ccccc1. The number of ether oxygens (including phenoxy) is 1. The Balaban J connectivity index is 1.56. The van der Waals surface area contributed by atoms with Crippen molar-refractivity contribution in [3.63, 3.8) is 0 Å². The molecule has 6 nitrogen and oxygen atoms in total. The molecule has 0 aromatic heterocycles. The van der Waals surface area contributed by atoms with Crippen LogP contribution in [0, 0.1) is 0 Å². The lowest BCUT2D eigenvalue weighted by atomic mass is 9.99. The van der Waals surface area contributed by atoms with Gasteiger partial charge in [0.25, 0.3) is 0 Å². The average molecular weight is 401 g/mol. The van der Waals surface area contributed by atoms with Crippen molar-refractivity contribution in [2.75, 3.05) is 13.2 Å². The first-order valence-electron chi connectivity index (χ1n) is 9.66. The molecule has 148 valence electrons. The summed E-state index contributed by atoms with van der Waals surface area (Å²) in [6.07, 6.45) is 2.79. The van der Waals surface area contributed by atoms with E-state index in [-0.39, 0.29) is 16.8 Å². The van der Waals surface area contributed by atoms with E-state index in [0.717, 1.165) is 24.2 Å². The fraction of sp³-hybridized carbons (Fsp3) is 0.381. The second kappa shape index (κ2) is 7.93. The number of nitrogens with zero attached hydrogens (tertiary/aromatic N) is 1. The van der Waals surface area contributed by atoms with Gasteiger partial charge in [-0.2, -0.15) is 4.31 Å². The van der Waals surface area contributed by atoms with E-state index in [2.05, 4.69) is 5.32 Å². The molecule has 2 aliphatic rings. The Hall–Kier alpha value is -2.38. The van der Waals surface area contributed by atoms with Gasteiger partial charge in [0.05, 0.1) is 17.5 Å². The molecule has 0 aliphatic carbocycles. The number of rotatable bonds is 4. The van der Waals surface area contributed by atoms with Gasteiger partial charge in [0.2, 0.25) is 15.9 Å². The fourth-order valence-corrected chi connectivity index (χ4v) is 5.62. The van der Waals surface area contributed by atoms with Gasteiger partial charge >= 0.3 is 0 Å². The van der Waals surface area contributed by atoms with Gasteiger partial charge in [-0.05, 0) is 31.0 Å². The minimum Gasteiger partial charge on any atom is -0.493 e. The highest BCUT2D eigenvalue weighted by Crippen LogP contribution is 2.32. The molecule has 28 heavy (non-hydrogen) atoms. The summed E-state index contributed by atoms with van der Waals surface area (Å²) >= 11 is 0. The van der Waals surface area contributed by atoms with E-state index in [9.17, 15) is 13.2 Å². The Morgan fingerprint density at radius 2 is 1.75 bits per heavy atom. The van der Waals surface area contributed by atoms with E-state index in [0.29, 0.717) is 26.0 Å². The second-order valence-electron chi connectivity index (χ2n) is 7.18. The molecule has 1 amide bonds. The summed E-state index contributed by atoms with van der Waals surface area (Å²) in [6.45, 7) is 0.887. The molecule has 0 radical (unpaired) electrons. The molecule has 0 spiro atoms. The third-order valence-corrected chi connectivity index (χ3v) is 7.30. The average Bonchev–Trinajstić information content (AvgIpc) is 2.74. The summed E-state index contributed by atoms with van der Waals surface area (Å²) in [7, 11) is -3.71. The standard InChI is InChI=1S/C21H24N2O4S/c24-21(22-18-13-15-27-20-12-5-4-10-17(18)20)19-11-6-7-14-23(19)28(25,26)16-8-2-1-3-9-16/h1-5,8-10,12,18-19H,6-7,11,13-15H2,(H,22,24)/t18-,19+/m1/s1. The minimum absolute atomic E-state index is 0.166. The van der Waals surface area contributed by atoms with Crippen molar-refractivity contribution < 1.29 is 17.9 Å². The van der Waals surface area contributed by atoms with Gasteiger partial charge in [0, 0.05) is 18.5 Å². The number of amides is 1. The van der Waals surface area contributed by atoms with Crippen molar-refractivity contribution in [1.82, 2.24) is 9.62 Å². The zero-order valence-electron chi connectivity index (χ0n) is 15.6. The van der Waals surface area contributed by atoms with Crippen molar-refractivity contribution in [2.24, 2.45) is 0 Å². The summed E-state index contributed by atoms with van der Waals surface area (Å²) in [5.74, 6) is 0.539. The van der Waals surface area contributed by atoms with Crippen molar-refractivity contribution in [1.29, 1.82) is 0 Å². The molecule has 7 heteroatoms. The lowest BCUT2D eigenvalue weighted by molar-refractivity contribution is -0.126. The third-order valence-electron chi connectivity index (χ3n) is 5.38. The van der Waals surface area contributed by atoms with E-state index in [1.54, 1.807) is 30.3 Å². The zero-order valence-corrected chi connectivity index (χ0v) is 16.4. The normalized spacial score (nSPS) is 22.7. The molecular weight excluding hydrogens is 376 g/mol. The Kier molecular flexibility index (Phi) is 5.37. The van der Waals surface area contributed by atoms with Crippen LogP contribution in [0.3, 0.4) is 0 Å². The highest BCUT2D eigenvalue weighted by Gasteiger charge is 2.38. The highest BCUT2D eigenvalue weighted by molar-refractivity contribution is 7.89. The molecule has 2 atom stereocenters. The van der Waals surface area contributed by atoms with Crippen LogP contribution in [-0.2, 0) is 14.8 Å². The first-order chi connectivity index (χ1) is 13.6. The van der Waals surface area contributed by atoms with E-state index in [4.69, 9.17) is 4.74 Å². The number of para-hydroxylation sites is 1. The van der Waals surface area contributed by atoms with Crippen LogP contribution in [0.4, 0.5) is 0 Å². The summed E-state index contributed by atoms with van der Waals surface area (Å²) in [6, 6.07) is 15.1. The lowest BCUT2D eigenvalue weighted by Gasteiger charge is -2.35. The molecular formula is C21H24N2O4S. The van der Waals surface area contributed by atoms with Crippen LogP contribution in [0.15, 0.2) is 59.5 Å². The number of carbonyl (C=O) groups excluding carboxylic acids is 1. The number of piperidine rings is 1. The van der Waals surface area contributed by atoms with Gasteiger partial charge < -0.3 is 10.1 Å². The monoisotopic (exact) mass is 400 g/mol. The number of fused-ring (bicyclic) bond motifs is 1. The fourth-order valence-electron chi connectivity index (χ4n) is 3.94. The topological polar surface area (TPSA) is 75.7 Å². The number of hydrogen-bond donors (Lipinski definition) is 1. The maximum absolute atomic E-state index is 13.1. The molecule has 1 N–H and O–H groups in total. The molecule has 2 aromatic rings. The Labute approximate surface area is 165 Å². The highest BCUT2D eigenvalue weighted by atomic mass is 32.2. The maximum atomic E-state index is 13.1. The predicted octanol–water partition coefficient (Wildman–Crippen LogP) is 2.87. The number of hydrogen-bond acceptors (Lipinski definition) is 4. The van der Waals surface area contributed by atoms with E-state index < -0.39 is 16.1 Å². The summed E-state index contributed by atoms with van der Waals surface area (Å²) < 4.78 is 33.3. The van der Waals surface area contributed by atoms with Crippen LogP contribution >= 0.6 is 0 Å². The largest absolute Gasteiger partial charge is 0.493 e. The van der Waals surface area contributed by atoms with Crippen LogP contribution in [0.5, 0.6) is 5.75 Å². The molecule has 0 unspecified atom stereocenters. The Morgan fingerprint density at radius 3 is 2.57 bits per heavy atom.